The minimum Gasteiger partial charge on any atom is -0.508 e. The Morgan fingerprint density at radius 1 is 0.929 bits per heavy atom. The highest BCUT2D eigenvalue weighted by molar-refractivity contribution is 5.66. The number of rotatable bonds is 12. The number of phenols is 1. The number of benzene rings is 1. The normalized spacial score (nSPS) is 15.3. The fourth-order valence-corrected chi connectivity index (χ4v) is 2.38. The van der Waals surface area contributed by atoms with Crippen molar-refractivity contribution >= 4 is 11.9 Å². The van der Waals surface area contributed by atoms with E-state index in [1.54, 1.807) is 19.1 Å². The molecule has 1 aromatic carbocycles. The molecule has 0 radical (unpaired) electrons. The maximum atomic E-state index is 11.1. The van der Waals surface area contributed by atoms with Crippen molar-refractivity contribution in [3.05, 3.63) is 29.8 Å². The number of aromatic hydroxyl groups is 1. The van der Waals surface area contributed by atoms with Crippen LogP contribution in [0.1, 0.15) is 26.3 Å². The van der Waals surface area contributed by atoms with Crippen LogP contribution >= 0.6 is 0 Å². The zero-order chi connectivity index (χ0) is 21.2. The fourth-order valence-electron chi connectivity index (χ4n) is 2.38. The summed E-state index contributed by atoms with van der Waals surface area (Å²) >= 11 is 0. The summed E-state index contributed by atoms with van der Waals surface area (Å²) in [4.78, 5) is 22.2. The molecule has 0 aromatic heterocycles. The molecule has 0 aliphatic heterocycles. The third-order valence-corrected chi connectivity index (χ3v) is 3.68. The van der Waals surface area contributed by atoms with E-state index in [1.807, 2.05) is 0 Å². The summed E-state index contributed by atoms with van der Waals surface area (Å²) in [6.45, 7) is 2.94. The average molecular weight is 400 g/mol. The molecule has 0 fully saturated rings. The topological polar surface area (TPSA) is 132 Å². The second kappa shape index (κ2) is 11.6. The SMILES string of the molecule is CC(=O)OC(CO)COC(C)(Cc1ccc(O)cc1)OCC(CO)OC(C)=O. The molecule has 0 saturated heterocycles. The molecule has 0 aliphatic carbocycles. The molecule has 158 valence electrons. The Labute approximate surface area is 163 Å². The zero-order valence-electron chi connectivity index (χ0n) is 16.3. The first-order valence-corrected chi connectivity index (χ1v) is 8.79. The molecule has 0 saturated carbocycles. The summed E-state index contributed by atoms with van der Waals surface area (Å²) in [6, 6.07) is 6.40. The number of carbonyl (C=O) groups is 2. The first-order chi connectivity index (χ1) is 13.2. The van der Waals surface area contributed by atoms with Crippen molar-refractivity contribution in [2.24, 2.45) is 0 Å². The standard InChI is InChI=1S/C19H28O9/c1-13(22)27-17(9-20)11-25-19(3,8-15-4-6-16(24)7-5-15)26-12-18(10-21)28-14(2)23/h4-7,17-18,20-21,24H,8-12H2,1-3H3. The Kier molecular flexibility index (Phi) is 9.88. The number of phenolic OH excluding ortho intramolecular Hbond substituents is 1. The molecule has 2 unspecified atom stereocenters. The van der Waals surface area contributed by atoms with Crippen LogP contribution in [0.3, 0.4) is 0 Å². The van der Waals surface area contributed by atoms with Crippen molar-refractivity contribution in [3.63, 3.8) is 0 Å². The van der Waals surface area contributed by atoms with Gasteiger partial charge in [0.25, 0.3) is 0 Å². The van der Waals surface area contributed by atoms with Gasteiger partial charge in [0, 0.05) is 20.3 Å². The van der Waals surface area contributed by atoms with Crippen LogP contribution < -0.4 is 0 Å². The summed E-state index contributed by atoms with van der Waals surface area (Å²) in [5.41, 5.74) is 0.779. The van der Waals surface area contributed by atoms with Gasteiger partial charge in [-0.25, -0.2) is 0 Å². The lowest BCUT2D eigenvalue weighted by Crippen LogP contribution is -2.42. The molecule has 3 N–H and O–H groups in total. The van der Waals surface area contributed by atoms with E-state index in [4.69, 9.17) is 18.9 Å². The lowest BCUT2D eigenvalue weighted by Gasteiger charge is -2.32. The number of aliphatic hydroxyl groups is 2. The van der Waals surface area contributed by atoms with E-state index in [2.05, 4.69) is 0 Å². The Balaban J connectivity index is 2.85. The molecule has 9 heteroatoms. The van der Waals surface area contributed by atoms with Crippen LogP contribution in [0.5, 0.6) is 5.75 Å². The van der Waals surface area contributed by atoms with Crippen LogP contribution in [0, 0.1) is 0 Å². The van der Waals surface area contributed by atoms with E-state index in [1.165, 1.54) is 26.0 Å². The van der Waals surface area contributed by atoms with Gasteiger partial charge >= 0.3 is 11.9 Å². The molecule has 0 heterocycles. The zero-order valence-corrected chi connectivity index (χ0v) is 16.3. The molecule has 1 rings (SSSR count). The quantitative estimate of drug-likeness (QED) is 0.339. The number of hydrogen-bond acceptors (Lipinski definition) is 9. The van der Waals surface area contributed by atoms with Crippen molar-refractivity contribution in [1.29, 1.82) is 0 Å². The van der Waals surface area contributed by atoms with Gasteiger partial charge in [0.05, 0.1) is 26.4 Å². The minimum absolute atomic E-state index is 0.109. The highest BCUT2D eigenvalue weighted by atomic mass is 16.7. The Hall–Kier alpha value is -2.20. The van der Waals surface area contributed by atoms with Crippen LogP contribution in [0.25, 0.3) is 0 Å². The Morgan fingerprint density at radius 3 is 1.71 bits per heavy atom. The van der Waals surface area contributed by atoms with Gasteiger partial charge < -0.3 is 34.3 Å². The van der Waals surface area contributed by atoms with Gasteiger partial charge in [0.15, 0.2) is 5.79 Å². The predicted molar refractivity (Wildman–Crippen MR) is 97.4 cm³/mol. The van der Waals surface area contributed by atoms with E-state index in [-0.39, 0.29) is 25.4 Å². The van der Waals surface area contributed by atoms with Crippen molar-refractivity contribution in [3.8, 4) is 5.75 Å². The summed E-state index contributed by atoms with van der Waals surface area (Å²) in [5.74, 6) is -2.26. The number of ether oxygens (including phenoxy) is 4. The molecule has 9 nitrogen and oxygen atoms in total. The molecule has 2 atom stereocenters. The monoisotopic (exact) mass is 400 g/mol. The van der Waals surface area contributed by atoms with E-state index in [0.29, 0.717) is 0 Å². The Bertz CT molecular complexity index is 586. The van der Waals surface area contributed by atoms with Crippen LogP contribution in [0.15, 0.2) is 24.3 Å². The highest BCUT2D eigenvalue weighted by Crippen LogP contribution is 2.22. The van der Waals surface area contributed by atoms with Crippen LogP contribution in [-0.4, -0.2) is 71.7 Å². The second-order valence-corrected chi connectivity index (χ2v) is 6.43. The van der Waals surface area contributed by atoms with Gasteiger partial charge in [-0.3, -0.25) is 9.59 Å². The van der Waals surface area contributed by atoms with E-state index >= 15 is 0 Å². The summed E-state index contributed by atoms with van der Waals surface area (Å²) in [6.07, 6.45) is -1.51. The first-order valence-electron chi connectivity index (χ1n) is 8.79. The first kappa shape index (κ1) is 23.8. The molecule has 0 aliphatic rings. The molecule has 1 aromatic rings. The van der Waals surface area contributed by atoms with Gasteiger partial charge in [-0.1, -0.05) is 12.1 Å². The van der Waals surface area contributed by atoms with E-state index in [0.717, 1.165) is 5.56 Å². The van der Waals surface area contributed by atoms with Crippen molar-refractivity contribution in [2.75, 3.05) is 26.4 Å². The number of esters is 2. The average Bonchev–Trinajstić information content (AvgIpc) is 2.63. The molecular formula is C19H28O9. The number of carbonyl (C=O) groups excluding carboxylic acids is 2. The molecule has 0 spiro atoms. The van der Waals surface area contributed by atoms with Crippen molar-refractivity contribution in [2.45, 2.75) is 45.2 Å². The summed E-state index contributed by atoms with van der Waals surface area (Å²) in [7, 11) is 0. The third-order valence-electron chi connectivity index (χ3n) is 3.68. The maximum absolute atomic E-state index is 11.1. The largest absolute Gasteiger partial charge is 0.508 e. The molecule has 28 heavy (non-hydrogen) atoms. The molecule has 0 bridgehead atoms. The fraction of sp³-hybridized carbons (Fsp3) is 0.579. The van der Waals surface area contributed by atoms with Crippen LogP contribution in [-0.2, 0) is 35.0 Å². The van der Waals surface area contributed by atoms with E-state index < -0.39 is 43.1 Å². The number of aliphatic hydroxyl groups excluding tert-OH is 2. The highest BCUT2D eigenvalue weighted by Gasteiger charge is 2.30. The lowest BCUT2D eigenvalue weighted by molar-refractivity contribution is -0.249. The Morgan fingerprint density at radius 2 is 1.36 bits per heavy atom. The van der Waals surface area contributed by atoms with E-state index in [9.17, 15) is 24.9 Å². The number of hydrogen-bond donors (Lipinski definition) is 3. The molecule has 0 amide bonds. The van der Waals surface area contributed by atoms with Crippen molar-refractivity contribution in [1.82, 2.24) is 0 Å². The van der Waals surface area contributed by atoms with Gasteiger partial charge in [-0.15, -0.1) is 0 Å². The van der Waals surface area contributed by atoms with Gasteiger partial charge in [0.1, 0.15) is 18.0 Å². The lowest BCUT2D eigenvalue weighted by atomic mass is 10.1. The summed E-state index contributed by atoms with van der Waals surface area (Å²) < 4.78 is 21.4. The smallest absolute Gasteiger partial charge is 0.303 e. The molecular weight excluding hydrogens is 372 g/mol. The van der Waals surface area contributed by atoms with Gasteiger partial charge in [-0.05, 0) is 24.6 Å². The van der Waals surface area contributed by atoms with Gasteiger partial charge in [-0.2, -0.15) is 0 Å². The predicted octanol–water partition coefficient (Wildman–Crippen LogP) is 0.532. The maximum Gasteiger partial charge on any atom is 0.303 e. The minimum atomic E-state index is -1.25. The van der Waals surface area contributed by atoms with Crippen LogP contribution in [0.2, 0.25) is 0 Å². The third kappa shape index (κ3) is 9.14. The second-order valence-electron chi connectivity index (χ2n) is 6.43. The summed E-state index contributed by atoms with van der Waals surface area (Å²) in [5, 5.41) is 28.1. The van der Waals surface area contributed by atoms with Gasteiger partial charge in [0.2, 0.25) is 0 Å². The van der Waals surface area contributed by atoms with Crippen molar-refractivity contribution < 1.29 is 43.9 Å². The van der Waals surface area contributed by atoms with Crippen LogP contribution in [0.4, 0.5) is 0 Å².